The van der Waals surface area contributed by atoms with E-state index in [9.17, 15) is 0 Å². The first-order valence-electron chi connectivity index (χ1n) is 28.6. The van der Waals surface area contributed by atoms with Crippen molar-refractivity contribution in [1.29, 1.82) is 0 Å². The lowest BCUT2D eigenvalue weighted by molar-refractivity contribution is 1.14. The van der Waals surface area contributed by atoms with Crippen LogP contribution in [0, 0.1) is 0 Å². The molecule has 392 valence electrons. The quantitative estimate of drug-likeness (QED) is 0.167. The SMILES string of the molecule is c1ccc(-n2c3ccc(-c4ccc5c6ccccc6n(-c6ccc7ccccc7c6)c5c4)cc3c3cccnc32)cc1.c1ccc(-n2c3ccc(-c4ccc5c6ccccc6n(-c6ccc7ccccc7c6)c5c4)cc3c3ncccc32)cc1. The van der Waals surface area contributed by atoms with Gasteiger partial charge in [-0.15, -0.1) is 0 Å². The maximum atomic E-state index is 4.82. The summed E-state index contributed by atoms with van der Waals surface area (Å²) in [5.41, 5.74) is 19.6. The molecule has 0 amide bonds. The van der Waals surface area contributed by atoms with Gasteiger partial charge in [0.05, 0.1) is 44.1 Å². The third-order valence-electron chi connectivity index (χ3n) is 17.1. The van der Waals surface area contributed by atoms with Crippen molar-refractivity contribution >= 4 is 109 Å². The van der Waals surface area contributed by atoms with E-state index in [1.54, 1.807) is 0 Å². The number of para-hydroxylation sites is 4. The van der Waals surface area contributed by atoms with E-state index in [4.69, 9.17) is 9.97 Å². The van der Waals surface area contributed by atoms with Crippen molar-refractivity contribution in [3.8, 4) is 45.0 Å². The maximum absolute atomic E-state index is 4.82. The van der Waals surface area contributed by atoms with Crippen LogP contribution < -0.4 is 0 Å². The van der Waals surface area contributed by atoms with Crippen LogP contribution in [-0.2, 0) is 0 Å². The zero-order valence-electron chi connectivity index (χ0n) is 45.6. The molecule has 0 aliphatic rings. The predicted molar refractivity (Wildman–Crippen MR) is 352 cm³/mol. The molecule has 6 heteroatoms. The lowest BCUT2D eigenvalue weighted by atomic mass is 10.0. The van der Waals surface area contributed by atoms with Gasteiger partial charge < -0.3 is 13.7 Å². The molecular weight excluding hydrogens is 1020 g/mol. The molecule has 18 rings (SSSR count). The van der Waals surface area contributed by atoms with Crippen LogP contribution in [0.4, 0.5) is 0 Å². The van der Waals surface area contributed by atoms with E-state index < -0.39 is 0 Å². The van der Waals surface area contributed by atoms with Crippen LogP contribution in [0.1, 0.15) is 0 Å². The zero-order chi connectivity index (χ0) is 55.2. The van der Waals surface area contributed by atoms with Crippen LogP contribution >= 0.6 is 0 Å². The van der Waals surface area contributed by atoms with E-state index in [-0.39, 0.29) is 0 Å². The van der Waals surface area contributed by atoms with Gasteiger partial charge in [0.1, 0.15) is 5.65 Å². The molecule has 0 N–H and O–H groups in total. The van der Waals surface area contributed by atoms with Crippen LogP contribution in [0.15, 0.2) is 304 Å². The zero-order valence-corrected chi connectivity index (χ0v) is 45.6. The summed E-state index contributed by atoms with van der Waals surface area (Å²) in [6.07, 6.45) is 3.76. The molecule has 6 nitrogen and oxygen atoms in total. The third kappa shape index (κ3) is 7.58. The smallest absolute Gasteiger partial charge is 0.145 e. The summed E-state index contributed by atoms with van der Waals surface area (Å²) in [5.74, 6) is 0. The first-order chi connectivity index (χ1) is 41.7. The highest BCUT2D eigenvalue weighted by atomic mass is 15.0. The molecule has 0 saturated heterocycles. The summed E-state index contributed by atoms with van der Waals surface area (Å²) in [6, 6.07) is 105. The van der Waals surface area contributed by atoms with Crippen LogP contribution in [0.2, 0.25) is 0 Å². The fraction of sp³-hybridized carbons (Fsp3) is 0. The van der Waals surface area contributed by atoms with Crippen molar-refractivity contribution in [2.45, 2.75) is 0 Å². The van der Waals surface area contributed by atoms with E-state index in [1.165, 1.54) is 104 Å². The molecule has 0 unspecified atom stereocenters. The molecule has 0 bridgehead atoms. The first kappa shape index (κ1) is 47.5. The van der Waals surface area contributed by atoms with Crippen molar-refractivity contribution in [2.24, 2.45) is 0 Å². The minimum atomic E-state index is 0.975. The molecule has 6 aromatic heterocycles. The standard InChI is InChI=1S/2C39H25N3/c1-2-11-30(12-3-1)42-37-21-18-28(24-35(37)34-14-8-22-40-39(34)42)29-17-20-33-32-13-6-7-15-36(32)41(38(33)25-29)31-19-16-26-9-4-5-10-27(26)23-31;1-2-11-30(12-3-1)41-36-21-18-28(24-34(36)39-37(41)15-8-22-40-39)29-17-20-33-32-13-6-7-14-35(32)42(38(33)25-29)31-19-16-26-9-4-5-10-27(26)23-31/h2*1-25H. The predicted octanol–water partition coefficient (Wildman–Crippen LogP) is 20.2. The van der Waals surface area contributed by atoms with Crippen molar-refractivity contribution < 1.29 is 0 Å². The number of pyridine rings is 2. The fourth-order valence-corrected chi connectivity index (χ4v) is 13.2. The average Bonchev–Trinajstić information content (AvgIpc) is 4.39. The molecule has 6 heterocycles. The first-order valence-corrected chi connectivity index (χ1v) is 28.6. The second-order valence-electron chi connectivity index (χ2n) is 21.8. The van der Waals surface area contributed by atoms with Crippen LogP contribution in [0.25, 0.3) is 154 Å². The van der Waals surface area contributed by atoms with Gasteiger partial charge in [0, 0.05) is 72.8 Å². The van der Waals surface area contributed by atoms with E-state index in [2.05, 4.69) is 297 Å². The highest BCUT2D eigenvalue weighted by molar-refractivity contribution is 6.14. The molecule has 0 atom stereocenters. The Kier molecular flexibility index (Phi) is 10.8. The summed E-state index contributed by atoms with van der Waals surface area (Å²) in [5, 5.41) is 13.5. The Morgan fingerprint density at radius 3 is 1.20 bits per heavy atom. The lowest BCUT2D eigenvalue weighted by Gasteiger charge is -2.11. The van der Waals surface area contributed by atoms with Gasteiger partial charge in [-0.2, -0.15) is 0 Å². The normalized spacial score (nSPS) is 11.8. The molecule has 0 fully saturated rings. The van der Waals surface area contributed by atoms with Gasteiger partial charge in [-0.25, -0.2) is 4.98 Å². The lowest BCUT2D eigenvalue weighted by Crippen LogP contribution is -1.94. The van der Waals surface area contributed by atoms with E-state index >= 15 is 0 Å². The molecule has 0 spiro atoms. The Labute approximate surface area is 483 Å². The number of rotatable bonds is 6. The molecule has 0 saturated carbocycles. The number of aromatic nitrogens is 6. The Morgan fingerprint density at radius 2 is 0.607 bits per heavy atom. The van der Waals surface area contributed by atoms with Crippen LogP contribution in [0.5, 0.6) is 0 Å². The fourth-order valence-electron chi connectivity index (χ4n) is 13.2. The largest absolute Gasteiger partial charge is 0.309 e. The Balaban J connectivity index is 0.000000132. The van der Waals surface area contributed by atoms with Crippen molar-refractivity contribution in [2.75, 3.05) is 0 Å². The average molecular weight is 1070 g/mol. The molecule has 0 aliphatic heterocycles. The van der Waals surface area contributed by atoms with Crippen LogP contribution in [-0.4, -0.2) is 28.2 Å². The van der Waals surface area contributed by atoms with Gasteiger partial charge in [-0.3, -0.25) is 9.55 Å². The van der Waals surface area contributed by atoms with Crippen LogP contribution in [0.3, 0.4) is 0 Å². The Bertz CT molecular complexity index is 5280. The Morgan fingerprint density at radius 1 is 0.202 bits per heavy atom. The van der Waals surface area contributed by atoms with Crippen molar-refractivity contribution in [1.82, 2.24) is 28.2 Å². The molecular formula is C78H50N6. The van der Waals surface area contributed by atoms with Gasteiger partial charge in [0.25, 0.3) is 0 Å². The third-order valence-corrected chi connectivity index (χ3v) is 17.1. The highest BCUT2D eigenvalue weighted by Gasteiger charge is 2.19. The van der Waals surface area contributed by atoms with Gasteiger partial charge in [0.15, 0.2) is 0 Å². The van der Waals surface area contributed by atoms with E-state index in [0.29, 0.717) is 0 Å². The summed E-state index contributed by atoms with van der Waals surface area (Å²) < 4.78 is 9.38. The minimum Gasteiger partial charge on any atom is -0.309 e. The van der Waals surface area contributed by atoms with Crippen molar-refractivity contribution in [3.63, 3.8) is 0 Å². The number of benzene rings is 12. The molecule has 84 heavy (non-hydrogen) atoms. The number of hydrogen-bond donors (Lipinski definition) is 0. The van der Waals surface area contributed by atoms with Gasteiger partial charge >= 0.3 is 0 Å². The summed E-state index contributed by atoms with van der Waals surface area (Å²) in [7, 11) is 0. The molecule has 0 aliphatic carbocycles. The van der Waals surface area contributed by atoms with E-state index in [1.807, 2.05) is 24.5 Å². The molecule has 12 aromatic carbocycles. The highest BCUT2D eigenvalue weighted by Crippen LogP contribution is 2.41. The maximum Gasteiger partial charge on any atom is 0.145 e. The summed E-state index contributed by atoms with van der Waals surface area (Å²) >= 11 is 0. The number of hydrogen-bond acceptors (Lipinski definition) is 2. The summed E-state index contributed by atoms with van der Waals surface area (Å²) in [6.45, 7) is 0. The topological polar surface area (TPSA) is 45.5 Å². The Hall–Kier alpha value is -11.3. The summed E-state index contributed by atoms with van der Waals surface area (Å²) in [4.78, 5) is 9.61. The minimum absolute atomic E-state index is 0.975. The number of fused-ring (bicyclic) bond motifs is 14. The van der Waals surface area contributed by atoms with Crippen molar-refractivity contribution in [3.05, 3.63) is 304 Å². The van der Waals surface area contributed by atoms with Gasteiger partial charge in [-0.05, 0) is 165 Å². The second-order valence-corrected chi connectivity index (χ2v) is 21.8. The second kappa shape index (κ2) is 19.2. The number of nitrogens with zero attached hydrogens (tertiary/aromatic N) is 6. The molecule has 0 radical (unpaired) electrons. The van der Waals surface area contributed by atoms with E-state index in [0.717, 1.165) is 49.9 Å². The molecule has 18 aromatic rings. The monoisotopic (exact) mass is 1070 g/mol. The van der Waals surface area contributed by atoms with Gasteiger partial charge in [-0.1, -0.05) is 170 Å². The van der Waals surface area contributed by atoms with Gasteiger partial charge in [0.2, 0.25) is 0 Å².